The smallest absolute Gasteiger partial charge is 0.191 e. The molecule has 7 heteroatoms. The molecule has 1 aliphatic rings. The Labute approximate surface area is 209 Å². The van der Waals surface area contributed by atoms with Gasteiger partial charge in [-0.05, 0) is 55.0 Å². The molecule has 2 aromatic carbocycles. The van der Waals surface area contributed by atoms with Gasteiger partial charge in [-0.3, -0.25) is 0 Å². The monoisotopic (exact) mass is 553 g/mol. The summed E-state index contributed by atoms with van der Waals surface area (Å²) in [6.07, 6.45) is 3.23. The van der Waals surface area contributed by atoms with Gasteiger partial charge in [0.1, 0.15) is 5.75 Å². The molecule has 0 radical (unpaired) electrons. The van der Waals surface area contributed by atoms with E-state index < -0.39 is 0 Å². The fourth-order valence-electron chi connectivity index (χ4n) is 3.43. The highest BCUT2D eigenvalue weighted by atomic mass is 127. The lowest BCUT2D eigenvalue weighted by molar-refractivity contribution is -0.0390. The minimum atomic E-state index is 0. The Hall–Kier alpha value is -1.84. The second-order valence-corrected chi connectivity index (χ2v) is 7.66. The maximum absolute atomic E-state index is 6.00. The SMILES string of the molecule is CCNC(=NCc1ccc(COC2CCOCC2)cc1)NCCc1ccc(OC)cc1.I. The van der Waals surface area contributed by atoms with Gasteiger partial charge in [0.15, 0.2) is 5.96 Å². The molecule has 0 bridgehead atoms. The summed E-state index contributed by atoms with van der Waals surface area (Å²) in [5.74, 6) is 1.72. The molecular weight excluding hydrogens is 517 g/mol. The van der Waals surface area contributed by atoms with Gasteiger partial charge in [-0.2, -0.15) is 0 Å². The molecule has 3 rings (SSSR count). The van der Waals surface area contributed by atoms with Crippen molar-refractivity contribution >= 4 is 29.9 Å². The molecule has 0 saturated carbocycles. The van der Waals surface area contributed by atoms with E-state index in [1.54, 1.807) is 7.11 Å². The first kappa shape index (κ1) is 26.4. The molecule has 1 heterocycles. The molecule has 0 aliphatic carbocycles. The number of halogens is 1. The van der Waals surface area contributed by atoms with E-state index in [9.17, 15) is 0 Å². The molecule has 32 heavy (non-hydrogen) atoms. The van der Waals surface area contributed by atoms with Gasteiger partial charge >= 0.3 is 0 Å². The predicted octanol–water partition coefficient (Wildman–Crippen LogP) is 4.31. The number of guanidine groups is 1. The fourth-order valence-corrected chi connectivity index (χ4v) is 3.43. The maximum atomic E-state index is 6.00. The first-order valence-corrected chi connectivity index (χ1v) is 11.2. The Morgan fingerprint density at radius 1 is 0.969 bits per heavy atom. The molecular formula is C25H36IN3O3. The molecule has 0 unspecified atom stereocenters. The van der Waals surface area contributed by atoms with Crippen molar-refractivity contribution in [3.8, 4) is 5.75 Å². The normalized spacial score (nSPS) is 14.5. The van der Waals surface area contributed by atoms with Gasteiger partial charge in [-0.25, -0.2) is 4.99 Å². The second-order valence-electron chi connectivity index (χ2n) is 7.66. The summed E-state index contributed by atoms with van der Waals surface area (Å²) in [5.41, 5.74) is 3.65. The summed E-state index contributed by atoms with van der Waals surface area (Å²) in [4.78, 5) is 4.72. The van der Waals surface area contributed by atoms with Gasteiger partial charge < -0.3 is 24.8 Å². The minimum absolute atomic E-state index is 0. The summed E-state index contributed by atoms with van der Waals surface area (Å²) >= 11 is 0. The Balaban J connectivity index is 0.00000363. The fraction of sp³-hybridized carbons (Fsp3) is 0.480. The molecule has 0 atom stereocenters. The van der Waals surface area contributed by atoms with Crippen LogP contribution in [0, 0.1) is 0 Å². The zero-order valence-corrected chi connectivity index (χ0v) is 21.5. The molecule has 6 nitrogen and oxygen atoms in total. The molecule has 2 N–H and O–H groups in total. The van der Waals surface area contributed by atoms with Crippen molar-refractivity contribution in [2.45, 2.75) is 45.4 Å². The van der Waals surface area contributed by atoms with Crippen LogP contribution in [0.5, 0.6) is 5.75 Å². The summed E-state index contributed by atoms with van der Waals surface area (Å²) in [6.45, 7) is 6.64. The van der Waals surface area contributed by atoms with Crippen LogP contribution in [0.4, 0.5) is 0 Å². The molecule has 1 aliphatic heterocycles. The van der Waals surface area contributed by atoms with E-state index in [2.05, 4.69) is 54.0 Å². The number of methoxy groups -OCH3 is 1. The van der Waals surface area contributed by atoms with Crippen LogP contribution in [0.1, 0.15) is 36.5 Å². The zero-order valence-electron chi connectivity index (χ0n) is 19.1. The van der Waals surface area contributed by atoms with Gasteiger partial charge in [-0.15, -0.1) is 24.0 Å². The Bertz CT molecular complexity index is 791. The Morgan fingerprint density at radius 3 is 2.28 bits per heavy atom. The van der Waals surface area contributed by atoms with E-state index in [0.29, 0.717) is 19.3 Å². The van der Waals surface area contributed by atoms with Crippen molar-refractivity contribution in [1.29, 1.82) is 0 Å². The van der Waals surface area contributed by atoms with Crippen LogP contribution in [0.3, 0.4) is 0 Å². The third-order valence-electron chi connectivity index (χ3n) is 5.31. The maximum Gasteiger partial charge on any atom is 0.191 e. The van der Waals surface area contributed by atoms with Crippen LogP contribution in [0.15, 0.2) is 53.5 Å². The van der Waals surface area contributed by atoms with E-state index in [-0.39, 0.29) is 24.0 Å². The number of hydrogen-bond acceptors (Lipinski definition) is 4. The summed E-state index contributed by atoms with van der Waals surface area (Å²) in [5, 5.41) is 6.73. The number of rotatable bonds is 10. The van der Waals surface area contributed by atoms with E-state index in [1.165, 1.54) is 16.7 Å². The van der Waals surface area contributed by atoms with Crippen molar-refractivity contribution < 1.29 is 14.2 Å². The first-order valence-electron chi connectivity index (χ1n) is 11.2. The number of ether oxygens (including phenoxy) is 3. The molecule has 176 valence electrons. The van der Waals surface area contributed by atoms with E-state index in [4.69, 9.17) is 19.2 Å². The highest BCUT2D eigenvalue weighted by Crippen LogP contribution is 2.14. The van der Waals surface area contributed by atoms with Crippen LogP contribution in [0.2, 0.25) is 0 Å². The first-order chi connectivity index (χ1) is 15.3. The van der Waals surface area contributed by atoms with Crippen molar-refractivity contribution in [2.75, 3.05) is 33.4 Å². The van der Waals surface area contributed by atoms with Crippen molar-refractivity contribution in [2.24, 2.45) is 4.99 Å². The number of aliphatic imine (C=N–C) groups is 1. The quantitative estimate of drug-likeness (QED) is 0.261. The predicted molar refractivity (Wildman–Crippen MR) is 140 cm³/mol. The third kappa shape index (κ3) is 9.34. The van der Waals surface area contributed by atoms with Crippen molar-refractivity contribution in [3.05, 3.63) is 65.2 Å². The Morgan fingerprint density at radius 2 is 1.62 bits per heavy atom. The molecule has 1 fully saturated rings. The van der Waals surface area contributed by atoms with Crippen LogP contribution in [0.25, 0.3) is 0 Å². The summed E-state index contributed by atoms with van der Waals surface area (Å²) < 4.78 is 16.6. The molecule has 2 aromatic rings. The van der Waals surface area contributed by atoms with E-state index >= 15 is 0 Å². The Kier molecular flexibility index (Phi) is 12.4. The molecule has 0 amide bonds. The summed E-state index contributed by atoms with van der Waals surface area (Å²) in [7, 11) is 1.68. The number of benzene rings is 2. The van der Waals surface area contributed by atoms with Crippen molar-refractivity contribution in [3.63, 3.8) is 0 Å². The number of nitrogens with one attached hydrogen (secondary N) is 2. The standard InChI is InChI=1S/C25H35N3O3.HI/c1-3-26-25(27-15-12-20-8-10-23(29-2)11-9-20)28-18-21-4-6-22(7-5-21)19-31-24-13-16-30-17-14-24;/h4-11,24H,3,12-19H2,1-2H3,(H2,26,27,28);1H. The topological polar surface area (TPSA) is 64.1 Å². The highest BCUT2D eigenvalue weighted by Gasteiger charge is 2.13. The second kappa shape index (κ2) is 15.1. The van der Waals surface area contributed by atoms with Crippen molar-refractivity contribution in [1.82, 2.24) is 10.6 Å². The summed E-state index contributed by atoms with van der Waals surface area (Å²) in [6, 6.07) is 16.7. The average Bonchev–Trinajstić information content (AvgIpc) is 2.83. The molecule has 0 aromatic heterocycles. The molecule has 0 spiro atoms. The van der Waals surface area contributed by atoms with Crippen LogP contribution in [-0.2, 0) is 29.0 Å². The van der Waals surface area contributed by atoms with Gasteiger partial charge in [-0.1, -0.05) is 36.4 Å². The number of hydrogen-bond donors (Lipinski definition) is 2. The lowest BCUT2D eigenvalue weighted by atomic mass is 10.1. The van der Waals surface area contributed by atoms with Gasteiger partial charge in [0.05, 0.1) is 26.4 Å². The lowest BCUT2D eigenvalue weighted by Crippen LogP contribution is -2.38. The highest BCUT2D eigenvalue weighted by molar-refractivity contribution is 14.0. The van der Waals surface area contributed by atoms with Crippen LogP contribution >= 0.6 is 24.0 Å². The van der Waals surface area contributed by atoms with Crippen LogP contribution < -0.4 is 15.4 Å². The van der Waals surface area contributed by atoms with E-state index in [0.717, 1.165) is 57.3 Å². The third-order valence-corrected chi connectivity index (χ3v) is 5.31. The zero-order chi connectivity index (χ0) is 21.7. The molecule has 1 saturated heterocycles. The van der Waals surface area contributed by atoms with Gasteiger partial charge in [0.25, 0.3) is 0 Å². The largest absolute Gasteiger partial charge is 0.497 e. The lowest BCUT2D eigenvalue weighted by Gasteiger charge is -2.22. The average molecular weight is 553 g/mol. The van der Waals surface area contributed by atoms with Gasteiger partial charge in [0, 0.05) is 26.3 Å². The number of nitrogens with zero attached hydrogens (tertiary/aromatic N) is 1. The van der Waals surface area contributed by atoms with E-state index in [1.807, 2.05) is 12.1 Å². The van der Waals surface area contributed by atoms with Gasteiger partial charge in [0.2, 0.25) is 0 Å². The minimum Gasteiger partial charge on any atom is -0.497 e. The van der Waals surface area contributed by atoms with Crippen LogP contribution in [-0.4, -0.2) is 45.5 Å².